The molecule has 2 atom stereocenters. The van der Waals surface area contributed by atoms with Crippen LogP contribution in [-0.4, -0.2) is 44.7 Å². The lowest BCUT2D eigenvalue weighted by molar-refractivity contribution is 0.126. The molecule has 1 aromatic heterocycles. The number of aliphatic hydroxyl groups is 1. The maximum Gasteiger partial charge on any atom is 0.317 e. The molecule has 6 heteroatoms. The predicted octanol–water partition coefficient (Wildman–Crippen LogP) is 2.57. The Kier molecular flexibility index (Phi) is 6.06. The lowest BCUT2D eigenvalue weighted by Crippen LogP contribution is -2.43. The van der Waals surface area contributed by atoms with Gasteiger partial charge in [-0.05, 0) is 31.2 Å². The van der Waals surface area contributed by atoms with Crippen molar-refractivity contribution in [2.24, 2.45) is 0 Å². The molecule has 2 amide bonds. The molecule has 0 aliphatic carbocycles. The van der Waals surface area contributed by atoms with Crippen LogP contribution < -0.4 is 5.32 Å². The molecule has 1 aliphatic heterocycles. The van der Waals surface area contributed by atoms with Crippen molar-refractivity contribution in [3.05, 3.63) is 54.6 Å². The van der Waals surface area contributed by atoms with Crippen molar-refractivity contribution < 1.29 is 9.90 Å². The van der Waals surface area contributed by atoms with Crippen LogP contribution in [0.4, 0.5) is 4.79 Å². The Morgan fingerprint density at radius 1 is 1.36 bits per heavy atom. The number of aliphatic hydroxyl groups excluding tert-OH is 1. The number of nitrogens with one attached hydrogen (secondary N) is 1. The van der Waals surface area contributed by atoms with Gasteiger partial charge in [-0.2, -0.15) is 0 Å². The molecule has 0 bridgehead atoms. The quantitative estimate of drug-likeness (QED) is 0.760. The zero-order valence-electron chi connectivity index (χ0n) is 14.4. The summed E-state index contributed by atoms with van der Waals surface area (Å²) in [4.78, 5) is 18.3. The number of rotatable bonds is 7. The Bertz CT molecular complexity index is 645. The average molecular weight is 342 g/mol. The number of carbonyl (C=O) groups excluding carboxylic acids is 1. The minimum absolute atomic E-state index is 0.0200. The molecule has 6 nitrogen and oxygen atoms in total. The number of aryl methyl sites for hydroxylation is 1. The van der Waals surface area contributed by atoms with E-state index in [1.807, 2.05) is 46.0 Å². The Hall–Kier alpha value is -2.34. The van der Waals surface area contributed by atoms with Crippen LogP contribution in [0.3, 0.4) is 0 Å². The third-order valence-corrected chi connectivity index (χ3v) is 4.75. The van der Waals surface area contributed by atoms with E-state index in [0.29, 0.717) is 13.0 Å². The molecule has 2 N–H and O–H groups in total. The van der Waals surface area contributed by atoms with Crippen molar-refractivity contribution in [2.75, 3.05) is 13.1 Å². The van der Waals surface area contributed by atoms with E-state index in [1.165, 1.54) is 0 Å². The minimum Gasteiger partial charge on any atom is -0.388 e. The van der Waals surface area contributed by atoms with Gasteiger partial charge >= 0.3 is 6.03 Å². The van der Waals surface area contributed by atoms with Crippen LogP contribution in [0.1, 0.15) is 37.4 Å². The molecule has 1 fully saturated rings. The largest absolute Gasteiger partial charge is 0.388 e. The van der Waals surface area contributed by atoms with Gasteiger partial charge < -0.3 is 19.9 Å². The number of amides is 2. The molecule has 0 saturated carbocycles. The van der Waals surface area contributed by atoms with Crippen LogP contribution in [0, 0.1) is 0 Å². The molecule has 1 aliphatic rings. The van der Waals surface area contributed by atoms with E-state index in [0.717, 1.165) is 37.9 Å². The van der Waals surface area contributed by atoms with Gasteiger partial charge in [-0.1, -0.05) is 30.3 Å². The average Bonchev–Trinajstić information content (AvgIpc) is 3.31. The smallest absolute Gasteiger partial charge is 0.317 e. The third-order valence-electron chi connectivity index (χ3n) is 4.75. The first-order valence-electron chi connectivity index (χ1n) is 8.97. The fraction of sp³-hybridized carbons (Fsp3) is 0.474. The van der Waals surface area contributed by atoms with Crippen molar-refractivity contribution in [1.29, 1.82) is 0 Å². The van der Waals surface area contributed by atoms with Crippen molar-refractivity contribution in [2.45, 2.75) is 44.4 Å². The van der Waals surface area contributed by atoms with E-state index in [1.54, 1.807) is 12.5 Å². The highest BCUT2D eigenvalue weighted by atomic mass is 16.3. The molecule has 0 radical (unpaired) electrons. The van der Waals surface area contributed by atoms with Crippen molar-refractivity contribution in [1.82, 2.24) is 19.8 Å². The second-order valence-corrected chi connectivity index (χ2v) is 6.54. The summed E-state index contributed by atoms with van der Waals surface area (Å²) in [7, 11) is 0. The summed E-state index contributed by atoms with van der Waals surface area (Å²) >= 11 is 0. The first kappa shape index (κ1) is 17.5. The van der Waals surface area contributed by atoms with Crippen molar-refractivity contribution >= 4 is 6.03 Å². The number of likely N-dealkylation sites (tertiary alicyclic amines) is 1. The number of nitrogens with zero attached hydrogens (tertiary/aromatic N) is 3. The topological polar surface area (TPSA) is 70.4 Å². The monoisotopic (exact) mass is 342 g/mol. The summed E-state index contributed by atoms with van der Waals surface area (Å²) in [6.45, 7) is 2.25. The van der Waals surface area contributed by atoms with E-state index < -0.39 is 6.10 Å². The van der Waals surface area contributed by atoms with E-state index in [2.05, 4.69) is 10.3 Å². The van der Waals surface area contributed by atoms with Gasteiger partial charge in [-0.3, -0.25) is 0 Å². The number of hydrogen-bond acceptors (Lipinski definition) is 3. The molecule has 25 heavy (non-hydrogen) atoms. The Morgan fingerprint density at radius 3 is 2.96 bits per heavy atom. The van der Waals surface area contributed by atoms with Crippen molar-refractivity contribution in [3.8, 4) is 0 Å². The number of aromatic nitrogens is 2. The van der Waals surface area contributed by atoms with E-state index in [9.17, 15) is 9.90 Å². The fourth-order valence-electron chi connectivity index (χ4n) is 3.39. The Labute approximate surface area is 148 Å². The van der Waals surface area contributed by atoms with Gasteiger partial charge in [0.1, 0.15) is 0 Å². The van der Waals surface area contributed by atoms with Gasteiger partial charge in [0.05, 0.1) is 12.4 Å². The second-order valence-electron chi connectivity index (χ2n) is 6.54. The lowest BCUT2D eigenvalue weighted by Gasteiger charge is -2.27. The van der Waals surface area contributed by atoms with Gasteiger partial charge in [0, 0.05) is 38.1 Å². The van der Waals surface area contributed by atoms with E-state index in [4.69, 9.17) is 0 Å². The first-order valence-corrected chi connectivity index (χ1v) is 8.97. The number of urea groups is 1. The number of hydrogen-bond donors (Lipinski definition) is 2. The van der Waals surface area contributed by atoms with Crippen LogP contribution >= 0.6 is 0 Å². The normalized spacial score (nSPS) is 18.3. The van der Waals surface area contributed by atoms with Gasteiger partial charge in [-0.15, -0.1) is 0 Å². The van der Waals surface area contributed by atoms with Crippen LogP contribution in [-0.2, 0) is 6.54 Å². The van der Waals surface area contributed by atoms with Crippen molar-refractivity contribution in [3.63, 3.8) is 0 Å². The molecule has 0 spiro atoms. The zero-order valence-corrected chi connectivity index (χ0v) is 14.4. The van der Waals surface area contributed by atoms with Crippen LogP contribution in [0.25, 0.3) is 0 Å². The molecule has 3 rings (SSSR count). The number of carbonyl (C=O) groups is 1. The van der Waals surface area contributed by atoms with Crippen LogP contribution in [0.5, 0.6) is 0 Å². The molecule has 134 valence electrons. The number of imidazole rings is 1. The standard InChI is InChI=1S/C19H26N4O2/c24-18(16-6-2-1-3-7-16)14-17-8-4-12-23(17)19(25)21-9-5-11-22-13-10-20-15-22/h1-3,6-7,10,13,15,17-18,24H,4-5,8-9,11-12,14H2,(H,21,25). The molecule has 1 saturated heterocycles. The third kappa shape index (κ3) is 4.82. The molecule has 1 aromatic carbocycles. The summed E-state index contributed by atoms with van der Waals surface area (Å²) in [5, 5.41) is 13.4. The maximum absolute atomic E-state index is 12.4. The zero-order chi connectivity index (χ0) is 17.5. The molecule has 2 heterocycles. The summed E-state index contributed by atoms with van der Waals surface area (Å²) in [5.41, 5.74) is 0.912. The number of benzene rings is 1. The minimum atomic E-state index is -0.527. The fourth-order valence-corrected chi connectivity index (χ4v) is 3.39. The predicted molar refractivity (Wildman–Crippen MR) is 96.0 cm³/mol. The molecule has 2 aromatic rings. The first-order chi connectivity index (χ1) is 12.2. The molecular formula is C19H26N4O2. The summed E-state index contributed by atoms with van der Waals surface area (Å²) in [5.74, 6) is 0. The highest BCUT2D eigenvalue weighted by Crippen LogP contribution is 2.27. The summed E-state index contributed by atoms with van der Waals surface area (Å²) < 4.78 is 2.00. The van der Waals surface area contributed by atoms with Gasteiger partial charge in [0.15, 0.2) is 0 Å². The molecular weight excluding hydrogens is 316 g/mol. The maximum atomic E-state index is 12.4. The Balaban J connectivity index is 1.44. The SMILES string of the molecule is O=C(NCCCn1ccnc1)N1CCCC1CC(O)c1ccccc1. The van der Waals surface area contributed by atoms with Gasteiger partial charge in [0.2, 0.25) is 0 Å². The summed E-state index contributed by atoms with van der Waals surface area (Å²) in [6.07, 6.45) is 8.33. The van der Waals surface area contributed by atoms with Crippen LogP contribution in [0.2, 0.25) is 0 Å². The lowest BCUT2D eigenvalue weighted by atomic mass is 10.0. The van der Waals surface area contributed by atoms with Gasteiger partial charge in [0.25, 0.3) is 0 Å². The van der Waals surface area contributed by atoms with E-state index in [-0.39, 0.29) is 12.1 Å². The highest BCUT2D eigenvalue weighted by molar-refractivity contribution is 5.74. The molecule has 2 unspecified atom stereocenters. The highest BCUT2D eigenvalue weighted by Gasteiger charge is 2.30. The summed E-state index contributed by atoms with van der Waals surface area (Å²) in [6, 6.07) is 9.74. The van der Waals surface area contributed by atoms with E-state index >= 15 is 0 Å². The second kappa shape index (κ2) is 8.67. The van der Waals surface area contributed by atoms with Gasteiger partial charge in [-0.25, -0.2) is 9.78 Å². The Morgan fingerprint density at radius 2 is 2.20 bits per heavy atom. The van der Waals surface area contributed by atoms with Crippen LogP contribution in [0.15, 0.2) is 49.1 Å².